The van der Waals surface area contributed by atoms with E-state index in [1.807, 2.05) is 19.1 Å². The summed E-state index contributed by atoms with van der Waals surface area (Å²) in [4.78, 5) is 4.00. The van der Waals surface area contributed by atoms with E-state index >= 15 is 0 Å². The van der Waals surface area contributed by atoms with Crippen LogP contribution < -0.4 is 5.32 Å². The van der Waals surface area contributed by atoms with Crippen molar-refractivity contribution in [1.29, 1.82) is 0 Å². The summed E-state index contributed by atoms with van der Waals surface area (Å²) in [6.45, 7) is 4.14. The van der Waals surface area contributed by atoms with Gasteiger partial charge < -0.3 is 14.8 Å². The van der Waals surface area contributed by atoms with Crippen LogP contribution in [-0.2, 0) is 9.47 Å². The standard InChI is InChI=1S/C12H20N2O2/c1-9(11-5-7-13-8-6-11)14-10(2)12(15-3)16-4/h5-10,12,14H,1-4H3. The molecule has 0 aliphatic carbocycles. The summed E-state index contributed by atoms with van der Waals surface area (Å²) >= 11 is 0. The van der Waals surface area contributed by atoms with Crippen LogP contribution >= 0.6 is 0 Å². The second-order valence-corrected chi connectivity index (χ2v) is 3.80. The largest absolute Gasteiger partial charge is 0.354 e. The van der Waals surface area contributed by atoms with Gasteiger partial charge in [-0.25, -0.2) is 0 Å². The van der Waals surface area contributed by atoms with Gasteiger partial charge in [0, 0.05) is 32.7 Å². The molecule has 4 nitrogen and oxygen atoms in total. The molecule has 0 saturated heterocycles. The van der Waals surface area contributed by atoms with Gasteiger partial charge in [-0.15, -0.1) is 0 Å². The van der Waals surface area contributed by atoms with E-state index < -0.39 is 0 Å². The summed E-state index contributed by atoms with van der Waals surface area (Å²) in [6.07, 6.45) is 3.36. The lowest BCUT2D eigenvalue weighted by Crippen LogP contribution is -2.40. The highest BCUT2D eigenvalue weighted by Crippen LogP contribution is 2.12. The number of hydrogen-bond donors (Lipinski definition) is 1. The van der Waals surface area contributed by atoms with Crippen LogP contribution in [-0.4, -0.2) is 31.5 Å². The molecule has 1 N–H and O–H groups in total. The zero-order valence-corrected chi connectivity index (χ0v) is 10.3. The zero-order chi connectivity index (χ0) is 12.0. The molecule has 90 valence electrons. The summed E-state index contributed by atoms with van der Waals surface area (Å²) in [6, 6.07) is 4.36. The summed E-state index contributed by atoms with van der Waals surface area (Å²) < 4.78 is 10.4. The predicted molar refractivity (Wildman–Crippen MR) is 63.1 cm³/mol. The van der Waals surface area contributed by atoms with Crippen molar-refractivity contribution in [2.75, 3.05) is 14.2 Å². The quantitative estimate of drug-likeness (QED) is 0.747. The number of ether oxygens (including phenoxy) is 2. The number of hydrogen-bond acceptors (Lipinski definition) is 4. The van der Waals surface area contributed by atoms with Crippen LogP contribution in [0.5, 0.6) is 0 Å². The van der Waals surface area contributed by atoms with E-state index in [0.717, 1.165) is 0 Å². The highest BCUT2D eigenvalue weighted by molar-refractivity contribution is 5.14. The molecule has 2 atom stereocenters. The van der Waals surface area contributed by atoms with Crippen molar-refractivity contribution in [3.8, 4) is 0 Å². The number of pyridine rings is 1. The number of methoxy groups -OCH3 is 2. The minimum absolute atomic E-state index is 0.123. The molecule has 4 heteroatoms. The molecule has 1 heterocycles. The molecule has 16 heavy (non-hydrogen) atoms. The minimum atomic E-state index is -0.232. The van der Waals surface area contributed by atoms with Crippen molar-refractivity contribution in [2.24, 2.45) is 0 Å². The maximum absolute atomic E-state index is 5.20. The molecule has 1 rings (SSSR count). The summed E-state index contributed by atoms with van der Waals surface area (Å²) in [5, 5.41) is 3.42. The number of aromatic nitrogens is 1. The molecule has 0 amide bonds. The summed E-state index contributed by atoms with van der Waals surface area (Å²) in [5.41, 5.74) is 1.20. The molecule has 0 radical (unpaired) electrons. The fourth-order valence-corrected chi connectivity index (χ4v) is 1.73. The fraction of sp³-hybridized carbons (Fsp3) is 0.583. The number of nitrogens with one attached hydrogen (secondary N) is 1. The molecule has 0 bridgehead atoms. The lowest BCUT2D eigenvalue weighted by molar-refractivity contribution is -0.120. The Labute approximate surface area is 97.0 Å². The van der Waals surface area contributed by atoms with Gasteiger partial charge in [0.1, 0.15) is 0 Å². The molecule has 1 aromatic heterocycles. The summed E-state index contributed by atoms with van der Waals surface area (Å²) in [7, 11) is 3.28. The van der Waals surface area contributed by atoms with Crippen LogP contribution in [0.3, 0.4) is 0 Å². The third-order valence-corrected chi connectivity index (χ3v) is 2.59. The van der Waals surface area contributed by atoms with E-state index in [2.05, 4.69) is 17.2 Å². The topological polar surface area (TPSA) is 43.4 Å². The van der Waals surface area contributed by atoms with Gasteiger partial charge in [-0.05, 0) is 31.5 Å². The Morgan fingerprint density at radius 2 is 1.69 bits per heavy atom. The van der Waals surface area contributed by atoms with Crippen molar-refractivity contribution in [1.82, 2.24) is 10.3 Å². The maximum Gasteiger partial charge on any atom is 0.171 e. The minimum Gasteiger partial charge on any atom is -0.354 e. The molecular formula is C12H20N2O2. The highest BCUT2D eigenvalue weighted by Gasteiger charge is 2.18. The Bertz CT molecular complexity index is 288. The monoisotopic (exact) mass is 224 g/mol. The lowest BCUT2D eigenvalue weighted by atomic mass is 10.1. The van der Waals surface area contributed by atoms with Crippen molar-refractivity contribution in [3.63, 3.8) is 0 Å². The molecule has 0 fully saturated rings. The van der Waals surface area contributed by atoms with E-state index in [9.17, 15) is 0 Å². The first-order chi connectivity index (χ1) is 7.69. The van der Waals surface area contributed by atoms with Gasteiger partial charge in [-0.3, -0.25) is 4.98 Å². The molecule has 0 saturated carbocycles. The van der Waals surface area contributed by atoms with Gasteiger partial charge >= 0.3 is 0 Å². The molecule has 2 unspecified atom stereocenters. The zero-order valence-electron chi connectivity index (χ0n) is 10.3. The predicted octanol–water partition coefficient (Wildman–Crippen LogP) is 1.74. The van der Waals surface area contributed by atoms with Crippen LogP contribution in [0.25, 0.3) is 0 Å². The maximum atomic E-state index is 5.20. The average Bonchev–Trinajstić information content (AvgIpc) is 2.31. The van der Waals surface area contributed by atoms with Gasteiger partial charge in [-0.2, -0.15) is 0 Å². The van der Waals surface area contributed by atoms with Gasteiger partial charge in [-0.1, -0.05) is 0 Å². The lowest BCUT2D eigenvalue weighted by Gasteiger charge is -2.25. The Balaban J connectivity index is 2.54. The van der Waals surface area contributed by atoms with E-state index in [1.54, 1.807) is 26.6 Å². The third kappa shape index (κ3) is 3.56. The molecule has 0 spiro atoms. The Morgan fingerprint density at radius 3 is 2.19 bits per heavy atom. The summed E-state index contributed by atoms with van der Waals surface area (Å²) in [5.74, 6) is 0. The highest BCUT2D eigenvalue weighted by atomic mass is 16.7. The van der Waals surface area contributed by atoms with Gasteiger partial charge in [0.2, 0.25) is 0 Å². The molecule has 0 aromatic carbocycles. The van der Waals surface area contributed by atoms with Crippen molar-refractivity contribution in [2.45, 2.75) is 32.2 Å². The second kappa shape index (κ2) is 6.58. The van der Waals surface area contributed by atoms with Gasteiger partial charge in [0.05, 0.1) is 6.04 Å². The molecule has 1 aromatic rings. The molecular weight excluding hydrogens is 204 g/mol. The normalized spacial score (nSPS) is 15.1. The van der Waals surface area contributed by atoms with Crippen molar-refractivity contribution < 1.29 is 9.47 Å². The van der Waals surface area contributed by atoms with Crippen molar-refractivity contribution >= 4 is 0 Å². The Hall–Kier alpha value is -0.970. The van der Waals surface area contributed by atoms with Gasteiger partial charge in [0.25, 0.3) is 0 Å². The first-order valence-corrected chi connectivity index (χ1v) is 5.40. The SMILES string of the molecule is COC(OC)C(C)NC(C)c1ccncc1. The first-order valence-electron chi connectivity index (χ1n) is 5.40. The van der Waals surface area contributed by atoms with Crippen LogP contribution in [0.1, 0.15) is 25.5 Å². The van der Waals surface area contributed by atoms with Crippen LogP contribution in [0.2, 0.25) is 0 Å². The Morgan fingerprint density at radius 1 is 1.12 bits per heavy atom. The fourth-order valence-electron chi connectivity index (χ4n) is 1.73. The smallest absolute Gasteiger partial charge is 0.171 e. The first kappa shape index (κ1) is 13.1. The van der Waals surface area contributed by atoms with Crippen LogP contribution in [0.4, 0.5) is 0 Å². The van der Waals surface area contributed by atoms with E-state index in [1.165, 1.54) is 5.56 Å². The van der Waals surface area contributed by atoms with E-state index in [4.69, 9.17) is 9.47 Å². The second-order valence-electron chi connectivity index (χ2n) is 3.80. The van der Waals surface area contributed by atoms with Crippen LogP contribution in [0, 0.1) is 0 Å². The molecule has 0 aliphatic rings. The van der Waals surface area contributed by atoms with Crippen LogP contribution in [0.15, 0.2) is 24.5 Å². The van der Waals surface area contributed by atoms with E-state index in [-0.39, 0.29) is 18.4 Å². The average molecular weight is 224 g/mol. The van der Waals surface area contributed by atoms with Gasteiger partial charge in [0.15, 0.2) is 6.29 Å². The Kier molecular flexibility index (Phi) is 5.38. The molecule has 0 aliphatic heterocycles. The number of rotatable bonds is 6. The number of nitrogens with zero attached hydrogens (tertiary/aromatic N) is 1. The van der Waals surface area contributed by atoms with Crippen molar-refractivity contribution in [3.05, 3.63) is 30.1 Å². The third-order valence-electron chi connectivity index (χ3n) is 2.59. The van der Waals surface area contributed by atoms with E-state index in [0.29, 0.717) is 0 Å².